The van der Waals surface area contributed by atoms with E-state index >= 15 is 0 Å². The van der Waals surface area contributed by atoms with Gasteiger partial charge in [0.25, 0.3) is 5.69 Å². The Labute approximate surface area is 215 Å². The van der Waals surface area contributed by atoms with Crippen LogP contribution in [0.2, 0.25) is 0 Å². The van der Waals surface area contributed by atoms with Crippen molar-refractivity contribution >= 4 is 17.6 Å². The molecule has 0 saturated heterocycles. The molecule has 0 fully saturated rings. The van der Waals surface area contributed by atoms with Gasteiger partial charge in [-0.25, -0.2) is 9.59 Å². The monoisotopic (exact) mass is 507 g/mol. The molecule has 1 aromatic rings. The Bertz CT molecular complexity index is 810. The summed E-state index contributed by atoms with van der Waals surface area (Å²) in [5.74, 6) is -2.99. The van der Waals surface area contributed by atoms with Crippen LogP contribution in [0.3, 0.4) is 0 Å². The molecule has 0 aliphatic carbocycles. The van der Waals surface area contributed by atoms with Crippen molar-refractivity contribution in [2.45, 2.75) is 124 Å². The smallest absolute Gasteiger partial charge is 0.343 e. The van der Waals surface area contributed by atoms with Gasteiger partial charge < -0.3 is 14.9 Å². The summed E-state index contributed by atoms with van der Waals surface area (Å²) in [5.41, 5.74) is -2.02. The van der Waals surface area contributed by atoms with E-state index in [0.29, 0.717) is 6.61 Å². The second-order valence-electron chi connectivity index (χ2n) is 9.70. The molecule has 8 nitrogen and oxygen atoms in total. The lowest BCUT2D eigenvalue weighted by Crippen LogP contribution is -2.15. The van der Waals surface area contributed by atoms with Crippen LogP contribution in [0.4, 0.5) is 5.69 Å². The highest BCUT2D eigenvalue weighted by molar-refractivity contribution is 6.04. The highest BCUT2D eigenvalue weighted by atomic mass is 16.6. The summed E-state index contributed by atoms with van der Waals surface area (Å²) in [4.78, 5) is 33.8. The van der Waals surface area contributed by atoms with Crippen LogP contribution in [0.25, 0.3) is 0 Å². The molecule has 0 unspecified atom stereocenters. The van der Waals surface area contributed by atoms with E-state index in [1.807, 2.05) is 0 Å². The number of ether oxygens (including phenoxy) is 1. The topological polar surface area (TPSA) is 127 Å². The maximum absolute atomic E-state index is 11.7. The normalized spacial score (nSPS) is 11.0. The van der Waals surface area contributed by atoms with E-state index in [0.717, 1.165) is 19.3 Å². The summed E-state index contributed by atoms with van der Waals surface area (Å²) in [7, 11) is 0. The zero-order valence-electron chi connectivity index (χ0n) is 22.4. The molecule has 2 N–H and O–H groups in total. The summed E-state index contributed by atoms with van der Waals surface area (Å²) in [6.45, 7) is 5.38. The Morgan fingerprint density at radius 3 is 1.33 bits per heavy atom. The average molecular weight is 508 g/mol. The fourth-order valence-corrected chi connectivity index (χ4v) is 4.74. The van der Waals surface area contributed by atoms with Gasteiger partial charge in [-0.1, -0.05) is 103 Å². The van der Waals surface area contributed by atoms with Gasteiger partial charge in [0.05, 0.1) is 11.5 Å². The molecule has 1 rings (SSSR count). The van der Waals surface area contributed by atoms with Gasteiger partial charge in [-0.05, 0) is 20.3 Å². The van der Waals surface area contributed by atoms with E-state index < -0.39 is 33.7 Å². The Kier molecular flexibility index (Phi) is 15.5. The van der Waals surface area contributed by atoms with Gasteiger partial charge in [0.15, 0.2) is 0 Å². The molecule has 8 heteroatoms. The molecule has 0 spiro atoms. The van der Waals surface area contributed by atoms with E-state index in [2.05, 4.69) is 6.92 Å². The molecule has 0 aromatic heterocycles. The molecular formula is C28H45NO7. The van der Waals surface area contributed by atoms with Crippen LogP contribution >= 0.6 is 0 Å². The number of benzene rings is 1. The number of hydrogen-bond acceptors (Lipinski definition) is 5. The van der Waals surface area contributed by atoms with Gasteiger partial charge in [0.1, 0.15) is 16.9 Å². The van der Waals surface area contributed by atoms with E-state index in [9.17, 15) is 29.9 Å². The zero-order valence-corrected chi connectivity index (χ0v) is 22.4. The van der Waals surface area contributed by atoms with Crippen molar-refractivity contribution in [3.8, 4) is 5.75 Å². The van der Waals surface area contributed by atoms with Crippen LogP contribution in [0.15, 0.2) is 0 Å². The van der Waals surface area contributed by atoms with Gasteiger partial charge in [0.2, 0.25) is 0 Å². The third-order valence-corrected chi connectivity index (χ3v) is 6.76. The minimum atomic E-state index is -1.55. The molecule has 0 saturated carbocycles. The summed E-state index contributed by atoms with van der Waals surface area (Å²) in [6, 6.07) is 0. The maximum atomic E-state index is 11.7. The summed E-state index contributed by atoms with van der Waals surface area (Å²) < 4.78 is 5.75. The SMILES string of the molecule is CCCCCCCCCCCCCCCCCCOc1c(C)c(C(=O)O)c([N+](=O)[O-])c(C(=O)O)c1C. The van der Waals surface area contributed by atoms with Gasteiger partial charge in [-0.15, -0.1) is 0 Å². The van der Waals surface area contributed by atoms with Crippen molar-refractivity contribution < 1.29 is 29.5 Å². The van der Waals surface area contributed by atoms with E-state index in [-0.39, 0.29) is 16.9 Å². The number of nitro benzene ring substituents is 1. The van der Waals surface area contributed by atoms with Crippen molar-refractivity contribution in [2.75, 3.05) is 6.61 Å². The zero-order chi connectivity index (χ0) is 26.9. The van der Waals surface area contributed by atoms with Gasteiger partial charge in [0, 0.05) is 11.1 Å². The lowest BCUT2D eigenvalue weighted by molar-refractivity contribution is -0.385. The fourth-order valence-electron chi connectivity index (χ4n) is 4.74. The number of nitro groups is 1. The Balaban J connectivity index is 2.32. The number of nitrogens with zero attached hydrogens (tertiary/aromatic N) is 1. The summed E-state index contributed by atoms with van der Waals surface area (Å²) in [5, 5.41) is 30.4. The first-order chi connectivity index (χ1) is 17.2. The van der Waals surface area contributed by atoms with Crippen LogP contribution in [0.5, 0.6) is 5.75 Å². The lowest BCUT2D eigenvalue weighted by Gasteiger charge is -2.16. The van der Waals surface area contributed by atoms with Crippen LogP contribution in [0, 0.1) is 24.0 Å². The van der Waals surface area contributed by atoms with Crippen LogP contribution < -0.4 is 4.74 Å². The maximum Gasteiger partial charge on any atom is 0.343 e. The second-order valence-corrected chi connectivity index (χ2v) is 9.70. The Morgan fingerprint density at radius 2 is 1.03 bits per heavy atom. The number of carboxylic acid groups (broad SMARTS) is 2. The predicted molar refractivity (Wildman–Crippen MR) is 142 cm³/mol. The predicted octanol–water partition coefficient (Wildman–Crippen LogP) is 8.25. The standard InChI is InChI=1S/C28H45NO7/c1-4-5-6-7-8-9-10-11-12-13-14-15-16-17-18-19-20-36-26-21(2)23(27(30)31)25(29(34)35)24(22(26)3)28(32)33/h4-20H2,1-3H3,(H,30,31)(H,32,33). The molecule has 0 radical (unpaired) electrons. The quantitative estimate of drug-likeness (QED) is 0.0973. The molecule has 36 heavy (non-hydrogen) atoms. The second kappa shape index (κ2) is 17.7. The third kappa shape index (κ3) is 10.5. The van der Waals surface area contributed by atoms with E-state index in [1.165, 1.54) is 97.3 Å². The number of rotatable bonds is 21. The minimum absolute atomic E-state index is 0.0770. The van der Waals surface area contributed by atoms with Crippen molar-refractivity contribution in [1.82, 2.24) is 0 Å². The van der Waals surface area contributed by atoms with Gasteiger partial charge in [-0.2, -0.15) is 0 Å². The fraction of sp³-hybridized carbons (Fsp3) is 0.714. The first-order valence-electron chi connectivity index (χ1n) is 13.6. The minimum Gasteiger partial charge on any atom is -0.493 e. The highest BCUT2D eigenvalue weighted by Gasteiger charge is 2.35. The number of carboxylic acids is 2. The highest BCUT2D eigenvalue weighted by Crippen LogP contribution is 2.38. The third-order valence-electron chi connectivity index (χ3n) is 6.76. The van der Waals surface area contributed by atoms with Gasteiger partial charge >= 0.3 is 11.9 Å². The molecular weight excluding hydrogens is 462 g/mol. The van der Waals surface area contributed by atoms with Crippen molar-refractivity contribution in [3.63, 3.8) is 0 Å². The molecule has 0 amide bonds. The average Bonchev–Trinajstić information content (AvgIpc) is 2.81. The molecule has 0 heterocycles. The van der Waals surface area contributed by atoms with E-state index in [4.69, 9.17) is 4.74 Å². The van der Waals surface area contributed by atoms with E-state index in [1.54, 1.807) is 0 Å². The van der Waals surface area contributed by atoms with Crippen LogP contribution in [0.1, 0.15) is 141 Å². The Hall–Kier alpha value is -2.64. The molecule has 0 aliphatic rings. The van der Waals surface area contributed by atoms with Crippen LogP contribution in [-0.4, -0.2) is 33.7 Å². The number of hydrogen-bond donors (Lipinski definition) is 2. The van der Waals surface area contributed by atoms with Crippen molar-refractivity contribution in [2.24, 2.45) is 0 Å². The summed E-state index contributed by atoms with van der Waals surface area (Å²) in [6.07, 6.45) is 20.0. The van der Waals surface area contributed by atoms with Crippen molar-refractivity contribution in [1.29, 1.82) is 0 Å². The first-order valence-corrected chi connectivity index (χ1v) is 13.6. The van der Waals surface area contributed by atoms with Gasteiger partial charge in [-0.3, -0.25) is 10.1 Å². The molecule has 0 atom stereocenters. The van der Waals surface area contributed by atoms with Crippen LogP contribution in [-0.2, 0) is 0 Å². The Morgan fingerprint density at radius 1 is 0.694 bits per heavy atom. The molecule has 0 bridgehead atoms. The number of unbranched alkanes of at least 4 members (excludes halogenated alkanes) is 15. The first kappa shape index (κ1) is 31.4. The number of aromatic carboxylic acids is 2. The lowest BCUT2D eigenvalue weighted by atomic mass is 9.95. The van der Waals surface area contributed by atoms with Crippen molar-refractivity contribution in [3.05, 3.63) is 32.4 Å². The molecule has 0 aliphatic heterocycles. The largest absolute Gasteiger partial charge is 0.493 e. The number of carbonyl (C=O) groups is 2. The summed E-state index contributed by atoms with van der Waals surface area (Å²) >= 11 is 0. The molecule has 204 valence electrons. The molecule has 1 aromatic carbocycles.